The van der Waals surface area contributed by atoms with Gasteiger partial charge in [-0.15, -0.1) is 0 Å². The summed E-state index contributed by atoms with van der Waals surface area (Å²) >= 11 is 3.61. The summed E-state index contributed by atoms with van der Waals surface area (Å²) in [5.74, 6) is 0. The molecule has 0 bridgehead atoms. The van der Waals surface area contributed by atoms with Crippen LogP contribution in [-0.4, -0.2) is 14.9 Å². The fourth-order valence-electron chi connectivity index (χ4n) is 2.61. The lowest BCUT2D eigenvalue weighted by molar-refractivity contribution is 0.0548. The van der Waals surface area contributed by atoms with E-state index < -0.39 is 5.60 Å². The first-order valence-corrected chi connectivity index (χ1v) is 7.65. The summed E-state index contributed by atoms with van der Waals surface area (Å²) in [6.07, 6.45) is 1.41. The molecular weight excluding hydrogens is 316 g/mol. The number of aliphatic hydroxyl groups is 1. The van der Waals surface area contributed by atoms with Crippen molar-refractivity contribution in [3.05, 3.63) is 51.3 Å². The number of halogens is 1. The van der Waals surface area contributed by atoms with Gasteiger partial charge in [-0.2, -0.15) is 5.10 Å². The summed E-state index contributed by atoms with van der Waals surface area (Å²) in [5, 5.41) is 15.4. The molecule has 0 radical (unpaired) electrons. The summed E-state index contributed by atoms with van der Waals surface area (Å²) in [4.78, 5) is 0. The molecular formula is C16H21BrN2O. The molecule has 3 nitrogen and oxygen atoms in total. The lowest BCUT2D eigenvalue weighted by Crippen LogP contribution is -2.26. The average Bonchev–Trinajstić information content (AvgIpc) is 2.66. The largest absolute Gasteiger partial charge is 0.385 e. The Morgan fingerprint density at radius 2 is 2.00 bits per heavy atom. The molecule has 108 valence electrons. The number of benzene rings is 1. The third-order valence-electron chi connectivity index (χ3n) is 3.74. The van der Waals surface area contributed by atoms with Crippen LogP contribution < -0.4 is 0 Å². The summed E-state index contributed by atoms with van der Waals surface area (Å²) in [6, 6.07) is 7.97. The second-order valence-corrected chi connectivity index (χ2v) is 6.24. The van der Waals surface area contributed by atoms with Crippen molar-refractivity contribution in [2.24, 2.45) is 7.05 Å². The van der Waals surface area contributed by atoms with Crippen molar-refractivity contribution in [3.8, 4) is 0 Å². The number of rotatable bonds is 4. The molecule has 1 atom stereocenters. The van der Waals surface area contributed by atoms with E-state index in [1.54, 1.807) is 0 Å². The number of hydrogen-bond donors (Lipinski definition) is 1. The van der Waals surface area contributed by atoms with Crippen molar-refractivity contribution in [1.29, 1.82) is 0 Å². The molecule has 0 saturated heterocycles. The van der Waals surface area contributed by atoms with Gasteiger partial charge < -0.3 is 5.11 Å². The number of aryl methyl sites for hydroxylation is 3. The maximum Gasteiger partial charge on any atom is 0.0926 e. The monoisotopic (exact) mass is 336 g/mol. The van der Waals surface area contributed by atoms with Crippen LogP contribution in [0.25, 0.3) is 0 Å². The molecule has 1 heterocycles. The molecule has 1 aromatic heterocycles. The third-order valence-corrected chi connectivity index (χ3v) is 4.66. The van der Waals surface area contributed by atoms with Crippen molar-refractivity contribution < 1.29 is 5.11 Å². The standard InChI is InChI=1S/C16H21BrN2O/c1-5-13-15(17)14(19(4)18-13)10-16(3,20)12-9-7-6-8-11(12)2/h6-9,20H,5,10H2,1-4H3. The Bertz CT molecular complexity index is 617. The fourth-order valence-corrected chi connectivity index (χ4v) is 3.37. The SMILES string of the molecule is CCc1nn(C)c(CC(C)(O)c2ccccc2C)c1Br. The van der Waals surface area contributed by atoms with Gasteiger partial charge in [0.15, 0.2) is 0 Å². The van der Waals surface area contributed by atoms with Gasteiger partial charge in [0.2, 0.25) is 0 Å². The van der Waals surface area contributed by atoms with Gasteiger partial charge in [0, 0.05) is 13.5 Å². The van der Waals surface area contributed by atoms with Crippen molar-refractivity contribution in [2.45, 2.75) is 39.2 Å². The smallest absolute Gasteiger partial charge is 0.0926 e. The molecule has 20 heavy (non-hydrogen) atoms. The molecule has 0 aliphatic carbocycles. The van der Waals surface area contributed by atoms with Crippen LogP contribution in [0.4, 0.5) is 0 Å². The van der Waals surface area contributed by atoms with Crippen LogP contribution in [0.15, 0.2) is 28.7 Å². The molecule has 0 spiro atoms. The minimum absolute atomic E-state index is 0.530. The number of nitrogens with zero attached hydrogens (tertiary/aromatic N) is 2. The van der Waals surface area contributed by atoms with E-state index in [1.165, 1.54) is 0 Å². The van der Waals surface area contributed by atoms with E-state index in [0.29, 0.717) is 6.42 Å². The van der Waals surface area contributed by atoms with Gasteiger partial charge in [0.25, 0.3) is 0 Å². The summed E-state index contributed by atoms with van der Waals surface area (Å²) in [7, 11) is 1.92. The second-order valence-electron chi connectivity index (χ2n) is 5.45. The Hall–Kier alpha value is -1.13. The van der Waals surface area contributed by atoms with E-state index in [4.69, 9.17) is 0 Å². The molecule has 0 amide bonds. The van der Waals surface area contributed by atoms with Crippen molar-refractivity contribution in [2.75, 3.05) is 0 Å². The number of aromatic nitrogens is 2. The highest BCUT2D eigenvalue weighted by Gasteiger charge is 2.28. The van der Waals surface area contributed by atoms with Gasteiger partial charge in [-0.25, -0.2) is 0 Å². The highest BCUT2D eigenvalue weighted by molar-refractivity contribution is 9.10. The third kappa shape index (κ3) is 2.81. The molecule has 0 aliphatic rings. The first-order valence-electron chi connectivity index (χ1n) is 6.85. The van der Waals surface area contributed by atoms with Crippen LogP contribution in [0.3, 0.4) is 0 Å². The van der Waals surface area contributed by atoms with Gasteiger partial charge in [0.05, 0.1) is 21.5 Å². The van der Waals surface area contributed by atoms with E-state index in [0.717, 1.165) is 33.4 Å². The maximum absolute atomic E-state index is 10.9. The van der Waals surface area contributed by atoms with Crippen LogP contribution in [0.1, 0.15) is 36.4 Å². The maximum atomic E-state index is 10.9. The predicted octanol–water partition coefficient (Wildman–Crippen LogP) is 3.50. The second kappa shape index (κ2) is 5.70. The van der Waals surface area contributed by atoms with Gasteiger partial charge in [-0.1, -0.05) is 31.2 Å². The van der Waals surface area contributed by atoms with E-state index >= 15 is 0 Å². The molecule has 1 N–H and O–H groups in total. The van der Waals surface area contributed by atoms with Crippen LogP contribution in [-0.2, 0) is 25.5 Å². The van der Waals surface area contributed by atoms with Gasteiger partial charge in [-0.05, 0) is 47.3 Å². The quantitative estimate of drug-likeness (QED) is 0.927. The Kier molecular flexibility index (Phi) is 4.35. The summed E-state index contributed by atoms with van der Waals surface area (Å²) < 4.78 is 2.87. The molecule has 1 aromatic carbocycles. The van der Waals surface area contributed by atoms with Crippen molar-refractivity contribution in [3.63, 3.8) is 0 Å². The van der Waals surface area contributed by atoms with Gasteiger partial charge in [-0.3, -0.25) is 4.68 Å². The van der Waals surface area contributed by atoms with Crippen molar-refractivity contribution >= 4 is 15.9 Å². The Morgan fingerprint density at radius 3 is 2.55 bits per heavy atom. The minimum atomic E-state index is -0.910. The van der Waals surface area contributed by atoms with Crippen LogP contribution >= 0.6 is 15.9 Å². The normalized spacial score (nSPS) is 14.3. The van der Waals surface area contributed by atoms with Gasteiger partial charge >= 0.3 is 0 Å². The number of hydrogen-bond acceptors (Lipinski definition) is 2. The highest BCUT2D eigenvalue weighted by atomic mass is 79.9. The first kappa shape index (κ1) is 15.3. The van der Waals surface area contributed by atoms with Crippen LogP contribution in [0, 0.1) is 6.92 Å². The molecule has 2 aromatic rings. The minimum Gasteiger partial charge on any atom is -0.385 e. The van der Waals surface area contributed by atoms with Crippen LogP contribution in [0.5, 0.6) is 0 Å². The fraction of sp³-hybridized carbons (Fsp3) is 0.438. The predicted molar refractivity (Wildman–Crippen MR) is 84.7 cm³/mol. The van der Waals surface area contributed by atoms with E-state index in [1.807, 2.05) is 49.8 Å². The average molecular weight is 337 g/mol. The first-order chi connectivity index (χ1) is 9.36. The topological polar surface area (TPSA) is 38.0 Å². The molecule has 0 fully saturated rings. The van der Waals surface area contributed by atoms with Crippen LogP contribution in [0.2, 0.25) is 0 Å². The molecule has 2 rings (SSSR count). The van der Waals surface area contributed by atoms with Crippen molar-refractivity contribution in [1.82, 2.24) is 9.78 Å². The Labute approximate surface area is 128 Å². The van der Waals surface area contributed by atoms with Gasteiger partial charge in [0.1, 0.15) is 0 Å². The van der Waals surface area contributed by atoms with E-state index in [9.17, 15) is 5.11 Å². The molecule has 0 aliphatic heterocycles. The lowest BCUT2D eigenvalue weighted by atomic mass is 9.88. The Morgan fingerprint density at radius 1 is 1.35 bits per heavy atom. The van der Waals surface area contributed by atoms with E-state index in [2.05, 4.69) is 28.0 Å². The molecule has 0 saturated carbocycles. The molecule has 1 unspecified atom stereocenters. The Balaban J connectivity index is 2.38. The van der Waals surface area contributed by atoms with E-state index in [-0.39, 0.29) is 0 Å². The summed E-state index contributed by atoms with van der Waals surface area (Å²) in [6.45, 7) is 5.97. The summed E-state index contributed by atoms with van der Waals surface area (Å²) in [5.41, 5.74) is 3.21. The molecule has 4 heteroatoms. The zero-order chi connectivity index (χ0) is 14.9. The highest BCUT2D eigenvalue weighted by Crippen LogP contribution is 2.31. The zero-order valence-electron chi connectivity index (χ0n) is 12.4. The lowest BCUT2D eigenvalue weighted by Gasteiger charge is -2.26. The zero-order valence-corrected chi connectivity index (χ0v) is 14.0.